The van der Waals surface area contributed by atoms with E-state index >= 15 is 0 Å². The highest BCUT2D eigenvalue weighted by Gasteiger charge is 2.21. The maximum atomic E-state index is 6.47. The van der Waals surface area contributed by atoms with Crippen LogP contribution in [0.1, 0.15) is 101 Å². The molecule has 6 nitrogen and oxygen atoms in total. The molecule has 0 aliphatic heterocycles. The van der Waals surface area contributed by atoms with Gasteiger partial charge in [0.2, 0.25) is 11.8 Å². The maximum absolute atomic E-state index is 6.47. The van der Waals surface area contributed by atoms with Crippen molar-refractivity contribution in [2.45, 2.75) is 79.1 Å². The SMILES string of the molecule is CC(C)c1ccc(C(C)C)c2oc(-c3ccc(-c4ccc(-c5nc6ccccc6nc5-c5ccc(-c6ccc(-c7nc8c(C(C)C)ccc(C(C)C)c8o7)cc6)cc5)cc4)cc3)nc12. The summed E-state index contributed by atoms with van der Waals surface area (Å²) < 4.78 is 12.9. The van der Waals surface area contributed by atoms with Crippen LogP contribution in [0.3, 0.4) is 0 Å². The fraction of sp³-hybridized carbons (Fsp3) is 0.207. The number of hydrogen-bond acceptors (Lipinski definition) is 6. The molecule has 10 rings (SSSR count). The van der Waals surface area contributed by atoms with Crippen LogP contribution in [0.25, 0.3) is 101 Å². The average molecular weight is 837 g/mol. The Morgan fingerprint density at radius 2 is 0.578 bits per heavy atom. The number of para-hydroxylation sites is 2. The van der Waals surface area contributed by atoms with Gasteiger partial charge in [-0.05, 0) is 105 Å². The smallest absolute Gasteiger partial charge is 0.227 e. The van der Waals surface area contributed by atoms with Crippen molar-refractivity contribution in [3.8, 4) is 67.7 Å². The molecule has 0 aliphatic carbocycles. The topological polar surface area (TPSA) is 77.8 Å². The molecular weight excluding hydrogens is 785 g/mol. The number of aromatic nitrogens is 4. The summed E-state index contributed by atoms with van der Waals surface area (Å²) in [5.41, 5.74) is 20.3. The van der Waals surface area contributed by atoms with Crippen molar-refractivity contribution >= 4 is 33.2 Å². The van der Waals surface area contributed by atoms with Crippen molar-refractivity contribution in [1.29, 1.82) is 0 Å². The Hall–Kier alpha value is -7.18. The second-order valence-electron chi connectivity index (χ2n) is 18.2. The summed E-state index contributed by atoms with van der Waals surface area (Å²) in [6.07, 6.45) is 0. The lowest BCUT2D eigenvalue weighted by Crippen LogP contribution is -1.95. The van der Waals surface area contributed by atoms with Gasteiger partial charge in [0.25, 0.3) is 0 Å². The summed E-state index contributed by atoms with van der Waals surface area (Å²) in [6.45, 7) is 17.6. The van der Waals surface area contributed by atoms with Gasteiger partial charge in [-0.25, -0.2) is 19.9 Å². The molecule has 0 unspecified atom stereocenters. The van der Waals surface area contributed by atoms with Crippen molar-refractivity contribution in [2.24, 2.45) is 0 Å². The normalized spacial score (nSPS) is 12.0. The van der Waals surface area contributed by atoms with E-state index in [9.17, 15) is 0 Å². The molecule has 3 heterocycles. The molecule has 0 saturated carbocycles. The van der Waals surface area contributed by atoms with Crippen LogP contribution in [-0.4, -0.2) is 19.9 Å². The minimum atomic E-state index is 0.341. The van der Waals surface area contributed by atoms with Gasteiger partial charge in [-0.1, -0.05) is 165 Å². The molecule has 0 saturated heterocycles. The quantitative estimate of drug-likeness (QED) is 0.137. The lowest BCUT2D eigenvalue weighted by Gasteiger charge is -2.12. The number of nitrogens with zero attached hydrogens (tertiary/aromatic N) is 4. The Morgan fingerprint density at radius 3 is 0.891 bits per heavy atom. The molecule has 0 N–H and O–H groups in total. The molecule has 0 spiro atoms. The van der Waals surface area contributed by atoms with E-state index in [2.05, 4.69) is 177 Å². The van der Waals surface area contributed by atoms with Gasteiger partial charge in [-0.2, -0.15) is 0 Å². The molecule has 0 amide bonds. The largest absolute Gasteiger partial charge is 0.436 e. The zero-order chi connectivity index (χ0) is 44.2. The molecule has 0 atom stereocenters. The van der Waals surface area contributed by atoms with Crippen LogP contribution in [0.5, 0.6) is 0 Å². The first-order chi connectivity index (χ1) is 31.0. The van der Waals surface area contributed by atoms with Gasteiger partial charge in [-0.3, -0.25) is 0 Å². The summed E-state index contributed by atoms with van der Waals surface area (Å²) in [7, 11) is 0. The number of hydrogen-bond donors (Lipinski definition) is 0. The van der Waals surface area contributed by atoms with Crippen LogP contribution >= 0.6 is 0 Å². The summed E-state index contributed by atoms with van der Waals surface area (Å²) in [5, 5.41) is 0. The van der Waals surface area contributed by atoms with Crippen LogP contribution in [-0.2, 0) is 0 Å². The van der Waals surface area contributed by atoms with Crippen molar-refractivity contribution in [3.63, 3.8) is 0 Å². The van der Waals surface area contributed by atoms with Gasteiger partial charge in [0.1, 0.15) is 11.0 Å². The van der Waals surface area contributed by atoms with E-state index in [0.717, 1.165) is 89.1 Å². The first-order valence-corrected chi connectivity index (χ1v) is 22.6. The molecule has 0 fully saturated rings. The number of rotatable bonds is 10. The minimum absolute atomic E-state index is 0.341. The highest BCUT2D eigenvalue weighted by atomic mass is 16.4. The average Bonchev–Trinajstić information content (AvgIpc) is 3.97. The van der Waals surface area contributed by atoms with Crippen molar-refractivity contribution in [1.82, 2.24) is 19.9 Å². The van der Waals surface area contributed by atoms with Crippen LogP contribution in [0.15, 0.2) is 154 Å². The van der Waals surface area contributed by atoms with E-state index in [4.69, 9.17) is 28.8 Å². The summed E-state index contributed by atoms with van der Waals surface area (Å²) in [4.78, 5) is 20.4. The molecule has 0 aliphatic rings. The molecule has 0 bridgehead atoms. The van der Waals surface area contributed by atoms with Crippen LogP contribution < -0.4 is 0 Å². The maximum Gasteiger partial charge on any atom is 0.227 e. The Labute approximate surface area is 375 Å². The highest BCUT2D eigenvalue weighted by Crippen LogP contribution is 2.39. The Morgan fingerprint density at radius 1 is 0.297 bits per heavy atom. The highest BCUT2D eigenvalue weighted by molar-refractivity contribution is 5.88. The van der Waals surface area contributed by atoms with Crippen LogP contribution in [0, 0.1) is 0 Å². The third kappa shape index (κ3) is 7.47. The Kier molecular flexibility index (Phi) is 10.5. The summed E-state index contributed by atoms with van der Waals surface area (Å²) >= 11 is 0. The third-order valence-corrected chi connectivity index (χ3v) is 12.5. The zero-order valence-electron chi connectivity index (χ0n) is 37.8. The minimum Gasteiger partial charge on any atom is -0.436 e. The van der Waals surface area contributed by atoms with Gasteiger partial charge in [0.05, 0.1) is 22.4 Å². The second kappa shape index (κ2) is 16.5. The van der Waals surface area contributed by atoms with Crippen molar-refractivity contribution < 1.29 is 8.83 Å². The van der Waals surface area contributed by atoms with Gasteiger partial charge >= 0.3 is 0 Å². The molecule has 64 heavy (non-hydrogen) atoms. The second-order valence-corrected chi connectivity index (χ2v) is 18.2. The monoisotopic (exact) mass is 836 g/mol. The van der Waals surface area contributed by atoms with Crippen molar-refractivity contribution in [2.75, 3.05) is 0 Å². The third-order valence-electron chi connectivity index (χ3n) is 12.5. The molecule has 7 aromatic carbocycles. The van der Waals surface area contributed by atoms with Gasteiger partial charge in [-0.15, -0.1) is 0 Å². The fourth-order valence-corrected chi connectivity index (χ4v) is 8.83. The van der Waals surface area contributed by atoms with E-state index in [1.165, 1.54) is 22.3 Å². The van der Waals surface area contributed by atoms with E-state index in [-0.39, 0.29) is 0 Å². The van der Waals surface area contributed by atoms with Crippen LogP contribution in [0.4, 0.5) is 0 Å². The van der Waals surface area contributed by atoms with Crippen molar-refractivity contribution in [3.05, 3.63) is 168 Å². The van der Waals surface area contributed by atoms with Gasteiger partial charge in [0.15, 0.2) is 11.2 Å². The van der Waals surface area contributed by atoms with E-state index in [1.807, 2.05) is 24.3 Å². The van der Waals surface area contributed by atoms with Gasteiger partial charge in [0, 0.05) is 22.3 Å². The molecule has 0 radical (unpaired) electrons. The number of oxazole rings is 2. The lowest BCUT2D eigenvalue weighted by molar-refractivity contribution is 0.611. The summed E-state index contributed by atoms with van der Waals surface area (Å²) in [6, 6.07) is 51.1. The fourth-order valence-electron chi connectivity index (χ4n) is 8.83. The number of fused-ring (bicyclic) bond motifs is 3. The summed E-state index contributed by atoms with van der Waals surface area (Å²) in [5.74, 6) is 2.68. The zero-order valence-corrected chi connectivity index (χ0v) is 37.8. The Bertz CT molecular complexity index is 2990. The molecule has 10 aromatic rings. The first-order valence-electron chi connectivity index (χ1n) is 22.6. The van der Waals surface area contributed by atoms with E-state index in [1.54, 1.807) is 0 Å². The van der Waals surface area contributed by atoms with Gasteiger partial charge < -0.3 is 8.83 Å². The molecule has 3 aromatic heterocycles. The Balaban J connectivity index is 0.921. The standard InChI is InChI=1S/C58H52N4O2/c1-33(2)45-29-31-47(35(5)6)55-53(45)61-57(63-55)43-25-17-39(18-26-43)37-13-21-41(22-14-37)51-52(60-50-12-10-9-11-49(50)59-51)42-23-15-38(16-24-42)40-19-27-44(28-20-40)58-62-54-46(34(3)4)30-32-48(36(7)8)56(54)64-58/h9-36H,1-8H3. The molecular formula is C58H52N4O2. The molecule has 316 valence electrons. The van der Waals surface area contributed by atoms with Crippen LogP contribution in [0.2, 0.25) is 0 Å². The molecule has 6 heteroatoms. The van der Waals surface area contributed by atoms with E-state index in [0.29, 0.717) is 35.5 Å². The first kappa shape index (κ1) is 40.9. The predicted octanol–water partition coefficient (Wildman–Crippen LogP) is 16.4. The predicted molar refractivity (Wildman–Crippen MR) is 264 cm³/mol. The lowest BCUT2D eigenvalue weighted by atomic mass is 9.95. The number of benzene rings is 7. The van der Waals surface area contributed by atoms with E-state index < -0.39 is 0 Å².